The molecule has 0 unspecified atom stereocenters. The molecule has 0 bridgehead atoms. The van der Waals surface area contributed by atoms with Crippen LogP contribution in [0.3, 0.4) is 0 Å². The van der Waals surface area contributed by atoms with Crippen LogP contribution >= 0.6 is 0 Å². The van der Waals surface area contributed by atoms with Crippen molar-refractivity contribution in [3.63, 3.8) is 0 Å². The second-order valence-electron chi connectivity index (χ2n) is 3.68. The van der Waals surface area contributed by atoms with Gasteiger partial charge in [-0.25, -0.2) is 14.5 Å². The van der Waals surface area contributed by atoms with Gasteiger partial charge in [0.05, 0.1) is 18.4 Å². The van der Waals surface area contributed by atoms with E-state index in [1.165, 1.54) is 24.4 Å². The van der Waals surface area contributed by atoms with Gasteiger partial charge in [0.15, 0.2) is 0 Å². The first-order chi connectivity index (χ1) is 9.20. The summed E-state index contributed by atoms with van der Waals surface area (Å²) in [5.41, 5.74) is 0.705. The summed E-state index contributed by atoms with van der Waals surface area (Å²) in [5.74, 6) is -0.807. The number of hydrogen-bond acceptors (Lipinski definition) is 5. The molecule has 0 radical (unpaired) electrons. The largest absolute Gasteiger partial charge is 0.465 e. The summed E-state index contributed by atoms with van der Waals surface area (Å²) >= 11 is 0. The molecule has 19 heavy (non-hydrogen) atoms. The molecule has 1 aromatic carbocycles. The smallest absolute Gasteiger partial charge is 0.339 e. The van der Waals surface area contributed by atoms with Crippen molar-refractivity contribution < 1.29 is 14.3 Å². The highest BCUT2D eigenvalue weighted by Gasteiger charge is 2.13. The van der Waals surface area contributed by atoms with Gasteiger partial charge in [-0.2, -0.15) is 5.10 Å². The summed E-state index contributed by atoms with van der Waals surface area (Å²) in [6, 6.07) is 6.62. The van der Waals surface area contributed by atoms with Crippen LogP contribution in [0.4, 0.5) is 5.69 Å². The van der Waals surface area contributed by atoms with Gasteiger partial charge in [0.2, 0.25) is 5.91 Å². The van der Waals surface area contributed by atoms with Crippen LogP contribution in [0.25, 0.3) is 0 Å². The molecule has 0 aliphatic carbocycles. The number of esters is 1. The first-order valence-corrected chi connectivity index (χ1v) is 5.50. The summed E-state index contributed by atoms with van der Waals surface area (Å²) < 4.78 is 6.03. The highest BCUT2D eigenvalue weighted by Crippen LogP contribution is 2.15. The molecule has 2 rings (SSSR count). The zero-order valence-corrected chi connectivity index (χ0v) is 10.2. The van der Waals surface area contributed by atoms with Crippen LogP contribution < -0.4 is 5.32 Å². The molecule has 7 nitrogen and oxygen atoms in total. The number of hydrogen-bond donors (Lipinski definition) is 1. The summed E-state index contributed by atoms with van der Waals surface area (Å²) in [5, 5.41) is 6.46. The maximum atomic E-state index is 11.8. The average Bonchev–Trinajstić information content (AvgIpc) is 2.91. The van der Waals surface area contributed by atoms with Crippen molar-refractivity contribution >= 4 is 17.6 Å². The predicted molar refractivity (Wildman–Crippen MR) is 66.4 cm³/mol. The number of rotatable bonds is 4. The number of anilines is 1. The molecule has 0 aliphatic heterocycles. The molecule has 0 atom stereocenters. The molecule has 0 saturated carbocycles. The Hall–Kier alpha value is -2.70. The van der Waals surface area contributed by atoms with E-state index in [0.717, 1.165) is 0 Å². The molecule has 2 aromatic rings. The third-order valence-corrected chi connectivity index (χ3v) is 2.38. The Bertz CT molecular complexity index is 580. The molecule has 0 spiro atoms. The van der Waals surface area contributed by atoms with Crippen LogP contribution in [0.2, 0.25) is 0 Å². The number of aromatic nitrogens is 3. The second-order valence-corrected chi connectivity index (χ2v) is 3.68. The van der Waals surface area contributed by atoms with Crippen molar-refractivity contribution in [1.29, 1.82) is 0 Å². The third-order valence-electron chi connectivity index (χ3n) is 2.38. The molecule has 7 heteroatoms. The van der Waals surface area contributed by atoms with E-state index in [1.54, 1.807) is 24.3 Å². The average molecular weight is 260 g/mol. The Morgan fingerprint density at radius 2 is 2.16 bits per heavy atom. The Morgan fingerprint density at radius 3 is 2.84 bits per heavy atom. The van der Waals surface area contributed by atoms with Gasteiger partial charge >= 0.3 is 5.97 Å². The maximum Gasteiger partial charge on any atom is 0.339 e. The van der Waals surface area contributed by atoms with E-state index in [-0.39, 0.29) is 12.5 Å². The van der Waals surface area contributed by atoms with Crippen LogP contribution in [0.1, 0.15) is 10.4 Å². The van der Waals surface area contributed by atoms with Crippen LogP contribution in [0, 0.1) is 0 Å². The van der Waals surface area contributed by atoms with E-state index in [1.807, 2.05) is 0 Å². The van der Waals surface area contributed by atoms with Crippen LogP contribution in [0.5, 0.6) is 0 Å². The van der Waals surface area contributed by atoms with Gasteiger partial charge in [-0.15, -0.1) is 0 Å². The summed E-state index contributed by atoms with van der Waals surface area (Å²) in [7, 11) is 1.29. The monoisotopic (exact) mass is 260 g/mol. The standard InChI is InChI=1S/C12H12N4O3/c1-19-12(18)9-4-2-3-5-10(9)15-11(17)6-16-8-13-7-14-16/h2-5,7-8H,6H2,1H3,(H,15,17). The first-order valence-electron chi connectivity index (χ1n) is 5.50. The zero-order valence-electron chi connectivity index (χ0n) is 10.2. The zero-order chi connectivity index (χ0) is 13.7. The first kappa shape index (κ1) is 12.7. The second kappa shape index (κ2) is 5.76. The molecule has 1 heterocycles. The molecule has 0 saturated heterocycles. The minimum absolute atomic E-state index is 0.0233. The minimum Gasteiger partial charge on any atom is -0.465 e. The van der Waals surface area contributed by atoms with Gasteiger partial charge < -0.3 is 10.1 Å². The van der Waals surface area contributed by atoms with Crippen molar-refractivity contribution in [2.24, 2.45) is 0 Å². The number of para-hydroxylation sites is 1. The Kier molecular flexibility index (Phi) is 3.87. The van der Waals surface area contributed by atoms with Crippen molar-refractivity contribution in [2.45, 2.75) is 6.54 Å². The van der Waals surface area contributed by atoms with E-state index < -0.39 is 5.97 Å². The predicted octanol–water partition coefficient (Wildman–Crippen LogP) is 0.703. The lowest BCUT2D eigenvalue weighted by Gasteiger charge is -2.09. The van der Waals surface area contributed by atoms with E-state index >= 15 is 0 Å². The molecular formula is C12H12N4O3. The maximum absolute atomic E-state index is 11.8. The number of ether oxygens (including phenoxy) is 1. The fourth-order valence-electron chi connectivity index (χ4n) is 1.53. The van der Waals surface area contributed by atoms with Crippen LogP contribution in [-0.4, -0.2) is 33.8 Å². The van der Waals surface area contributed by atoms with Crippen molar-refractivity contribution in [1.82, 2.24) is 14.8 Å². The van der Waals surface area contributed by atoms with Crippen molar-refractivity contribution in [2.75, 3.05) is 12.4 Å². The lowest BCUT2D eigenvalue weighted by atomic mass is 10.2. The molecule has 0 aliphatic rings. The highest BCUT2D eigenvalue weighted by atomic mass is 16.5. The lowest BCUT2D eigenvalue weighted by Crippen LogP contribution is -2.20. The Balaban J connectivity index is 2.10. The lowest BCUT2D eigenvalue weighted by molar-refractivity contribution is -0.116. The SMILES string of the molecule is COC(=O)c1ccccc1NC(=O)Cn1cncn1. The Labute approximate surface area is 109 Å². The molecular weight excluding hydrogens is 248 g/mol. The number of methoxy groups -OCH3 is 1. The number of carbonyl (C=O) groups excluding carboxylic acids is 2. The number of nitrogens with zero attached hydrogens (tertiary/aromatic N) is 3. The summed E-state index contributed by atoms with van der Waals surface area (Å²) in [6.07, 6.45) is 2.78. The van der Waals surface area contributed by atoms with Crippen LogP contribution in [0.15, 0.2) is 36.9 Å². The number of amides is 1. The van der Waals surface area contributed by atoms with Gasteiger partial charge in [0, 0.05) is 0 Å². The van der Waals surface area contributed by atoms with Crippen LogP contribution in [-0.2, 0) is 16.1 Å². The number of benzene rings is 1. The summed E-state index contributed by atoms with van der Waals surface area (Å²) in [6.45, 7) is 0.0233. The van der Waals surface area contributed by atoms with Gasteiger partial charge in [0.25, 0.3) is 0 Å². The van der Waals surface area contributed by atoms with Gasteiger partial charge in [-0.05, 0) is 12.1 Å². The van der Waals surface area contributed by atoms with Gasteiger partial charge in [0.1, 0.15) is 19.2 Å². The Morgan fingerprint density at radius 1 is 1.37 bits per heavy atom. The minimum atomic E-state index is -0.503. The number of carbonyl (C=O) groups is 2. The van der Waals surface area contributed by atoms with Crippen molar-refractivity contribution in [3.05, 3.63) is 42.5 Å². The molecule has 1 aromatic heterocycles. The third kappa shape index (κ3) is 3.15. The topological polar surface area (TPSA) is 86.1 Å². The molecule has 1 amide bonds. The fourth-order valence-corrected chi connectivity index (χ4v) is 1.53. The fraction of sp³-hybridized carbons (Fsp3) is 0.167. The number of nitrogens with one attached hydrogen (secondary N) is 1. The van der Waals surface area contributed by atoms with Crippen molar-refractivity contribution in [3.8, 4) is 0 Å². The molecule has 0 fully saturated rings. The summed E-state index contributed by atoms with van der Waals surface area (Å²) in [4.78, 5) is 27.1. The van der Waals surface area contributed by atoms with E-state index in [0.29, 0.717) is 11.3 Å². The van der Waals surface area contributed by atoms with E-state index in [2.05, 4.69) is 20.1 Å². The van der Waals surface area contributed by atoms with E-state index in [4.69, 9.17) is 0 Å². The normalized spacial score (nSPS) is 9.95. The molecule has 1 N–H and O–H groups in total. The van der Waals surface area contributed by atoms with Gasteiger partial charge in [-0.1, -0.05) is 12.1 Å². The molecule has 98 valence electrons. The highest BCUT2D eigenvalue weighted by molar-refractivity contribution is 6.01. The van der Waals surface area contributed by atoms with Gasteiger partial charge in [-0.3, -0.25) is 4.79 Å². The quantitative estimate of drug-likeness (QED) is 0.818. The van der Waals surface area contributed by atoms with E-state index in [9.17, 15) is 9.59 Å².